The Hall–Kier alpha value is -1.42. The molecule has 0 radical (unpaired) electrons. The monoisotopic (exact) mass is 206 g/mol. The van der Waals surface area contributed by atoms with Crippen LogP contribution in [0.2, 0.25) is 0 Å². The van der Waals surface area contributed by atoms with E-state index in [1.165, 1.54) is 0 Å². The Balaban J connectivity index is 1.90. The molecule has 1 N–H and O–H groups in total. The fourth-order valence-corrected chi connectivity index (χ4v) is 1.93. The molecule has 1 aromatic rings. The Bertz CT molecular complexity index is 340. The average molecular weight is 206 g/mol. The van der Waals surface area contributed by atoms with Gasteiger partial charge in [-0.1, -0.05) is 6.07 Å². The van der Waals surface area contributed by atoms with Gasteiger partial charge >= 0.3 is 5.97 Å². The van der Waals surface area contributed by atoms with Crippen LogP contribution in [0.5, 0.6) is 0 Å². The first kappa shape index (κ1) is 10.1. The number of carboxylic acid groups (broad SMARTS) is 1. The zero-order valence-electron chi connectivity index (χ0n) is 8.47. The summed E-state index contributed by atoms with van der Waals surface area (Å²) in [7, 11) is 0. The maximum absolute atomic E-state index is 10.8. The van der Waals surface area contributed by atoms with Gasteiger partial charge < -0.3 is 5.11 Å². The van der Waals surface area contributed by atoms with Crippen molar-refractivity contribution in [1.82, 2.24) is 9.88 Å². The van der Waals surface area contributed by atoms with E-state index in [1.54, 1.807) is 6.20 Å². The van der Waals surface area contributed by atoms with E-state index in [0.717, 1.165) is 25.1 Å². The minimum Gasteiger partial charge on any atom is -0.481 e. The molecule has 0 saturated carbocycles. The van der Waals surface area contributed by atoms with Crippen LogP contribution in [-0.4, -0.2) is 34.0 Å². The Morgan fingerprint density at radius 3 is 3.13 bits per heavy atom. The van der Waals surface area contributed by atoms with Gasteiger partial charge in [0.25, 0.3) is 0 Å². The molecule has 1 aliphatic heterocycles. The summed E-state index contributed by atoms with van der Waals surface area (Å²) >= 11 is 0. The number of aliphatic carboxylic acids is 1. The van der Waals surface area contributed by atoms with E-state index in [9.17, 15) is 4.79 Å². The first-order chi connectivity index (χ1) is 7.25. The summed E-state index contributed by atoms with van der Waals surface area (Å²) in [6.45, 7) is 2.33. The minimum atomic E-state index is -0.677. The molecule has 1 aliphatic rings. The summed E-state index contributed by atoms with van der Waals surface area (Å²) in [4.78, 5) is 17.0. The Morgan fingerprint density at radius 1 is 1.67 bits per heavy atom. The van der Waals surface area contributed by atoms with Crippen molar-refractivity contribution in [2.24, 2.45) is 5.92 Å². The molecule has 0 aliphatic carbocycles. The Morgan fingerprint density at radius 2 is 2.53 bits per heavy atom. The van der Waals surface area contributed by atoms with Crippen LogP contribution in [0.1, 0.15) is 12.0 Å². The molecule has 1 atom stereocenters. The van der Waals surface area contributed by atoms with Crippen LogP contribution in [0, 0.1) is 5.92 Å². The third-order valence-corrected chi connectivity index (χ3v) is 2.75. The molecule has 15 heavy (non-hydrogen) atoms. The highest BCUT2D eigenvalue weighted by Gasteiger charge is 2.27. The molecule has 0 amide bonds. The molecule has 1 fully saturated rings. The van der Waals surface area contributed by atoms with Crippen LogP contribution >= 0.6 is 0 Å². The second-order valence-electron chi connectivity index (χ2n) is 3.92. The van der Waals surface area contributed by atoms with Gasteiger partial charge in [0, 0.05) is 25.5 Å². The van der Waals surface area contributed by atoms with Crippen LogP contribution < -0.4 is 0 Å². The molecular weight excluding hydrogens is 192 g/mol. The standard InChI is InChI=1S/C11H14N2O2/c14-11(15)10-3-5-13(8-10)7-9-2-1-4-12-6-9/h1-2,4,6,10H,3,5,7-8H2,(H,14,15)/t10-/m0/s1. The number of rotatable bonds is 3. The summed E-state index contributed by atoms with van der Waals surface area (Å²) < 4.78 is 0. The molecule has 1 saturated heterocycles. The fraction of sp³-hybridized carbons (Fsp3) is 0.455. The molecule has 0 aromatic carbocycles. The van der Waals surface area contributed by atoms with Crippen LogP contribution in [0.15, 0.2) is 24.5 Å². The van der Waals surface area contributed by atoms with Gasteiger partial charge in [0.05, 0.1) is 5.92 Å². The molecule has 4 nitrogen and oxygen atoms in total. The largest absolute Gasteiger partial charge is 0.481 e. The fourth-order valence-electron chi connectivity index (χ4n) is 1.93. The van der Waals surface area contributed by atoms with Gasteiger partial charge in [0.1, 0.15) is 0 Å². The highest BCUT2D eigenvalue weighted by Crippen LogP contribution is 2.18. The van der Waals surface area contributed by atoms with Crippen molar-refractivity contribution >= 4 is 5.97 Å². The van der Waals surface area contributed by atoms with Gasteiger partial charge in [-0.25, -0.2) is 0 Å². The molecule has 1 aromatic heterocycles. The predicted molar refractivity (Wildman–Crippen MR) is 55.3 cm³/mol. The number of pyridine rings is 1. The summed E-state index contributed by atoms with van der Waals surface area (Å²) in [5.41, 5.74) is 1.14. The molecule has 2 rings (SSSR count). The van der Waals surface area contributed by atoms with Crippen LogP contribution in [0.25, 0.3) is 0 Å². The Labute approximate surface area is 88.6 Å². The van der Waals surface area contributed by atoms with Gasteiger partial charge in [0.2, 0.25) is 0 Å². The summed E-state index contributed by atoms with van der Waals surface area (Å²) in [5.74, 6) is -0.870. The van der Waals surface area contributed by atoms with E-state index in [-0.39, 0.29) is 5.92 Å². The third kappa shape index (κ3) is 2.53. The van der Waals surface area contributed by atoms with E-state index >= 15 is 0 Å². The molecule has 4 heteroatoms. The lowest BCUT2D eigenvalue weighted by Crippen LogP contribution is -2.22. The van der Waals surface area contributed by atoms with Gasteiger partial charge in [-0.05, 0) is 24.6 Å². The average Bonchev–Trinajstić information content (AvgIpc) is 2.68. The minimum absolute atomic E-state index is 0.193. The van der Waals surface area contributed by atoms with Gasteiger partial charge in [-0.15, -0.1) is 0 Å². The van der Waals surface area contributed by atoms with E-state index < -0.39 is 5.97 Å². The first-order valence-electron chi connectivity index (χ1n) is 5.10. The maximum Gasteiger partial charge on any atom is 0.307 e. The highest BCUT2D eigenvalue weighted by atomic mass is 16.4. The quantitative estimate of drug-likeness (QED) is 0.801. The smallest absolute Gasteiger partial charge is 0.307 e. The SMILES string of the molecule is O=C(O)[C@H]1CCN(Cc2cccnc2)C1. The molecule has 0 spiro atoms. The van der Waals surface area contributed by atoms with Gasteiger partial charge in [-0.3, -0.25) is 14.7 Å². The van der Waals surface area contributed by atoms with E-state index in [2.05, 4.69) is 9.88 Å². The Kier molecular flexibility index (Phi) is 2.97. The molecular formula is C11H14N2O2. The number of likely N-dealkylation sites (tertiary alicyclic amines) is 1. The number of carboxylic acids is 1. The molecule has 2 heterocycles. The normalized spacial score (nSPS) is 21.7. The number of nitrogens with zero attached hydrogens (tertiary/aromatic N) is 2. The summed E-state index contributed by atoms with van der Waals surface area (Å²) in [6, 6.07) is 3.92. The lowest BCUT2D eigenvalue weighted by molar-refractivity contribution is -0.141. The van der Waals surface area contributed by atoms with E-state index in [1.807, 2.05) is 18.3 Å². The van der Waals surface area contributed by atoms with Crippen LogP contribution in [-0.2, 0) is 11.3 Å². The molecule has 0 bridgehead atoms. The van der Waals surface area contributed by atoms with Crippen LogP contribution in [0.3, 0.4) is 0 Å². The highest BCUT2D eigenvalue weighted by molar-refractivity contribution is 5.70. The van der Waals surface area contributed by atoms with Crippen molar-refractivity contribution in [2.45, 2.75) is 13.0 Å². The maximum atomic E-state index is 10.8. The van der Waals surface area contributed by atoms with Crippen molar-refractivity contribution in [3.63, 3.8) is 0 Å². The first-order valence-corrected chi connectivity index (χ1v) is 5.10. The predicted octanol–water partition coefficient (Wildman–Crippen LogP) is 0.988. The van der Waals surface area contributed by atoms with Crippen molar-refractivity contribution < 1.29 is 9.90 Å². The van der Waals surface area contributed by atoms with E-state index in [0.29, 0.717) is 6.54 Å². The topological polar surface area (TPSA) is 53.4 Å². The van der Waals surface area contributed by atoms with Gasteiger partial charge in [-0.2, -0.15) is 0 Å². The second kappa shape index (κ2) is 4.40. The second-order valence-corrected chi connectivity index (χ2v) is 3.92. The number of hydrogen-bond acceptors (Lipinski definition) is 3. The number of carbonyl (C=O) groups is 1. The zero-order valence-corrected chi connectivity index (χ0v) is 8.47. The van der Waals surface area contributed by atoms with Crippen molar-refractivity contribution in [2.75, 3.05) is 13.1 Å². The summed E-state index contributed by atoms with van der Waals surface area (Å²) in [6.07, 6.45) is 4.33. The van der Waals surface area contributed by atoms with Gasteiger partial charge in [0.15, 0.2) is 0 Å². The lowest BCUT2D eigenvalue weighted by atomic mass is 10.1. The lowest BCUT2D eigenvalue weighted by Gasteiger charge is -2.14. The zero-order chi connectivity index (χ0) is 10.7. The number of hydrogen-bond donors (Lipinski definition) is 1. The molecule has 80 valence electrons. The summed E-state index contributed by atoms with van der Waals surface area (Å²) in [5, 5.41) is 8.86. The van der Waals surface area contributed by atoms with Crippen molar-refractivity contribution in [1.29, 1.82) is 0 Å². The van der Waals surface area contributed by atoms with Crippen LogP contribution in [0.4, 0.5) is 0 Å². The van der Waals surface area contributed by atoms with Crippen molar-refractivity contribution in [3.8, 4) is 0 Å². The molecule has 0 unspecified atom stereocenters. The van der Waals surface area contributed by atoms with E-state index in [4.69, 9.17) is 5.11 Å². The van der Waals surface area contributed by atoms with Crippen molar-refractivity contribution in [3.05, 3.63) is 30.1 Å². The number of aromatic nitrogens is 1. The third-order valence-electron chi connectivity index (χ3n) is 2.75.